The first kappa shape index (κ1) is 22.6. The van der Waals surface area contributed by atoms with Crippen molar-refractivity contribution in [3.63, 3.8) is 0 Å². The van der Waals surface area contributed by atoms with Gasteiger partial charge in [0.25, 0.3) is 0 Å². The van der Waals surface area contributed by atoms with E-state index in [0.29, 0.717) is 31.6 Å². The first-order valence-electron chi connectivity index (χ1n) is 10.4. The van der Waals surface area contributed by atoms with Crippen molar-refractivity contribution in [3.8, 4) is 0 Å². The average Bonchev–Trinajstić information content (AvgIpc) is 2.89. The van der Waals surface area contributed by atoms with Gasteiger partial charge in [-0.3, -0.25) is 9.59 Å². The molecular formula is C23H34O5. The highest BCUT2D eigenvalue weighted by molar-refractivity contribution is 5.84. The second-order valence-corrected chi connectivity index (χ2v) is 8.49. The number of hydrogen-bond donors (Lipinski definition) is 3. The molecule has 156 valence electrons. The van der Waals surface area contributed by atoms with E-state index in [1.807, 2.05) is 18.2 Å². The standard InChI is InChI=1S/C23H34O5/c1-23(28,16-17-9-5-4-6-10-17)14-13-19-18(20(24)15-21(19)25)11-7-2-3-8-12-22(26)27/h2,4-5,7,13-14,17-19,21,25,28H,3,6,8-12,15-16H2,1H3,(H,26,27)/b7-2-,14-13+/t17?,18-,19-,21-,23?/m1/s1. The first-order chi connectivity index (χ1) is 13.3. The molecule has 0 aromatic carbocycles. The Kier molecular flexibility index (Phi) is 8.64. The third-order valence-corrected chi connectivity index (χ3v) is 5.81. The summed E-state index contributed by atoms with van der Waals surface area (Å²) >= 11 is 0. The van der Waals surface area contributed by atoms with Gasteiger partial charge in [-0.1, -0.05) is 36.5 Å². The maximum atomic E-state index is 12.3. The minimum Gasteiger partial charge on any atom is -0.481 e. The molecule has 2 aliphatic rings. The molecule has 2 aliphatic carbocycles. The van der Waals surface area contributed by atoms with Gasteiger partial charge in [-0.05, 0) is 57.8 Å². The van der Waals surface area contributed by atoms with E-state index in [0.717, 1.165) is 19.3 Å². The molecular weight excluding hydrogens is 356 g/mol. The molecule has 0 aliphatic heterocycles. The number of carbonyl (C=O) groups is 2. The molecule has 5 heteroatoms. The van der Waals surface area contributed by atoms with Gasteiger partial charge in [-0.25, -0.2) is 0 Å². The summed E-state index contributed by atoms with van der Waals surface area (Å²) in [6.45, 7) is 1.79. The van der Waals surface area contributed by atoms with Crippen molar-refractivity contribution in [1.82, 2.24) is 0 Å². The number of unbranched alkanes of at least 4 members (excludes halogenated alkanes) is 1. The number of ketones is 1. The smallest absolute Gasteiger partial charge is 0.303 e. The van der Waals surface area contributed by atoms with Gasteiger partial charge >= 0.3 is 5.97 Å². The molecule has 1 saturated carbocycles. The Bertz CT molecular complexity index is 616. The van der Waals surface area contributed by atoms with E-state index in [4.69, 9.17) is 5.11 Å². The van der Waals surface area contributed by atoms with E-state index < -0.39 is 17.7 Å². The SMILES string of the molecule is CC(O)(/C=C/[C@H]1[C@H](O)CC(=O)[C@@H]1C/C=C\CCCC(=O)O)CC1CC=CCC1. The molecule has 2 unspecified atom stereocenters. The maximum Gasteiger partial charge on any atom is 0.303 e. The summed E-state index contributed by atoms with van der Waals surface area (Å²) in [6, 6.07) is 0. The van der Waals surface area contributed by atoms with E-state index in [-0.39, 0.29) is 30.5 Å². The molecule has 0 saturated heterocycles. The van der Waals surface area contributed by atoms with Gasteiger partial charge in [0.05, 0.1) is 11.7 Å². The number of allylic oxidation sites excluding steroid dienone is 4. The van der Waals surface area contributed by atoms with Crippen molar-refractivity contribution in [2.45, 2.75) is 76.4 Å². The highest BCUT2D eigenvalue weighted by atomic mass is 16.4. The minimum atomic E-state index is -0.946. The van der Waals surface area contributed by atoms with Crippen LogP contribution in [0.25, 0.3) is 0 Å². The molecule has 0 aromatic heterocycles. The number of aliphatic carboxylic acids is 1. The fourth-order valence-corrected chi connectivity index (χ4v) is 4.27. The Morgan fingerprint density at radius 2 is 2.11 bits per heavy atom. The molecule has 3 N–H and O–H groups in total. The van der Waals surface area contributed by atoms with Crippen LogP contribution in [0.5, 0.6) is 0 Å². The van der Waals surface area contributed by atoms with Gasteiger partial charge in [0.15, 0.2) is 0 Å². The summed E-state index contributed by atoms with van der Waals surface area (Å²) in [4.78, 5) is 22.8. The van der Waals surface area contributed by atoms with E-state index in [1.54, 1.807) is 13.0 Å². The lowest BCUT2D eigenvalue weighted by Crippen LogP contribution is -2.27. The second-order valence-electron chi connectivity index (χ2n) is 8.49. The molecule has 1 fully saturated rings. The van der Waals surface area contributed by atoms with Crippen molar-refractivity contribution in [3.05, 3.63) is 36.5 Å². The number of carbonyl (C=O) groups excluding carboxylic acids is 1. The summed E-state index contributed by atoms with van der Waals surface area (Å²) < 4.78 is 0. The van der Waals surface area contributed by atoms with Crippen LogP contribution in [0.2, 0.25) is 0 Å². The molecule has 0 heterocycles. The highest BCUT2D eigenvalue weighted by Crippen LogP contribution is 2.35. The molecule has 0 aromatic rings. The number of Topliss-reactive ketones (excluding diaryl/α,β-unsaturated/α-hetero) is 1. The van der Waals surface area contributed by atoms with Crippen LogP contribution in [-0.4, -0.2) is 38.8 Å². The third-order valence-electron chi connectivity index (χ3n) is 5.81. The van der Waals surface area contributed by atoms with E-state index in [1.165, 1.54) is 0 Å². The molecule has 0 spiro atoms. The molecule has 5 atom stereocenters. The van der Waals surface area contributed by atoms with Crippen molar-refractivity contribution < 1.29 is 24.9 Å². The summed E-state index contributed by atoms with van der Waals surface area (Å²) in [5.41, 5.74) is -0.946. The number of aliphatic hydroxyl groups is 2. The topological polar surface area (TPSA) is 94.8 Å². The Balaban J connectivity index is 1.90. The van der Waals surface area contributed by atoms with Gasteiger partial charge in [0.2, 0.25) is 0 Å². The third kappa shape index (κ3) is 7.36. The minimum absolute atomic E-state index is 0.0504. The summed E-state index contributed by atoms with van der Waals surface area (Å²) in [7, 11) is 0. The predicted octanol–water partition coefficient (Wildman–Crippen LogP) is 3.81. The normalized spacial score (nSPS) is 30.3. The zero-order valence-corrected chi connectivity index (χ0v) is 16.8. The van der Waals surface area contributed by atoms with Gasteiger partial charge in [-0.15, -0.1) is 0 Å². The van der Waals surface area contributed by atoms with Gasteiger partial charge in [-0.2, -0.15) is 0 Å². The Morgan fingerprint density at radius 3 is 2.79 bits per heavy atom. The second kappa shape index (κ2) is 10.7. The fraction of sp³-hybridized carbons (Fsp3) is 0.652. The Morgan fingerprint density at radius 1 is 1.32 bits per heavy atom. The van der Waals surface area contributed by atoms with Crippen LogP contribution in [-0.2, 0) is 9.59 Å². The lowest BCUT2D eigenvalue weighted by Gasteiger charge is -2.27. The van der Waals surface area contributed by atoms with E-state index in [2.05, 4.69) is 12.2 Å². The lowest BCUT2D eigenvalue weighted by atomic mass is 9.83. The van der Waals surface area contributed by atoms with E-state index >= 15 is 0 Å². The molecule has 28 heavy (non-hydrogen) atoms. The van der Waals surface area contributed by atoms with Crippen molar-refractivity contribution >= 4 is 11.8 Å². The van der Waals surface area contributed by atoms with Gasteiger partial charge in [0.1, 0.15) is 5.78 Å². The highest BCUT2D eigenvalue weighted by Gasteiger charge is 2.39. The summed E-state index contributed by atoms with van der Waals surface area (Å²) in [6.07, 6.45) is 17.0. The van der Waals surface area contributed by atoms with Crippen LogP contribution < -0.4 is 0 Å². The van der Waals surface area contributed by atoms with Gasteiger partial charge in [0, 0.05) is 24.7 Å². The molecule has 2 rings (SSSR count). The van der Waals surface area contributed by atoms with Crippen LogP contribution in [0, 0.1) is 17.8 Å². The van der Waals surface area contributed by atoms with Crippen molar-refractivity contribution in [1.29, 1.82) is 0 Å². The van der Waals surface area contributed by atoms with Crippen LogP contribution in [0.15, 0.2) is 36.5 Å². The monoisotopic (exact) mass is 390 g/mol. The molecule has 0 amide bonds. The van der Waals surface area contributed by atoms with Crippen LogP contribution in [0.1, 0.15) is 64.7 Å². The Hall–Kier alpha value is -1.72. The maximum absolute atomic E-state index is 12.3. The quantitative estimate of drug-likeness (QED) is 0.389. The number of carboxylic acid groups (broad SMARTS) is 1. The number of hydrogen-bond acceptors (Lipinski definition) is 4. The largest absolute Gasteiger partial charge is 0.481 e. The molecule has 0 radical (unpaired) electrons. The van der Waals surface area contributed by atoms with E-state index in [9.17, 15) is 19.8 Å². The van der Waals surface area contributed by atoms with Crippen LogP contribution in [0.4, 0.5) is 0 Å². The molecule has 5 nitrogen and oxygen atoms in total. The summed E-state index contributed by atoms with van der Waals surface area (Å²) in [5, 5.41) is 29.7. The van der Waals surface area contributed by atoms with Crippen LogP contribution >= 0.6 is 0 Å². The number of aliphatic hydroxyl groups excluding tert-OH is 1. The van der Waals surface area contributed by atoms with Crippen molar-refractivity contribution in [2.75, 3.05) is 0 Å². The number of rotatable bonds is 10. The zero-order chi connectivity index (χ0) is 20.6. The Labute approximate surface area is 167 Å². The van der Waals surface area contributed by atoms with Gasteiger partial charge < -0.3 is 15.3 Å². The van der Waals surface area contributed by atoms with Crippen LogP contribution in [0.3, 0.4) is 0 Å². The summed E-state index contributed by atoms with van der Waals surface area (Å²) in [5.74, 6) is -0.855. The molecule has 0 bridgehead atoms. The average molecular weight is 391 g/mol. The number of carboxylic acids is 1. The zero-order valence-electron chi connectivity index (χ0n) is 16.8. The lowest BCUT2D eigenvalue weighted by molar-refractivity contribution is -0.137. The predicted molar refractivity (Wildman–Crippen MR) is 109 cm³/mol. The van der Waals surface area contributed by atoms with Crippen molar-refractivity contribution in [2.24, 2.45) is 17.8 Å². The fourth-order valence-electron chi connectivity index (χ4n) is 4.27. The first-order valence-corrected chi connectivity index (χ1v) is 10.4.